The van der Waals surface area contributed by atoms with Crippen molar-refractivity contribution in [2.24, 2.45) is 16.6 Å². The van der Waals surface area contributed by atoms with Gasteiger partial charge in [-0.25, -0.2) is 4.99 Å². The number of methoxy groups -OCH3 is 2. The number of nitrogens with zero attached hydrogens (tertiary/aromatic N) is 2. The van der Waals surface area contributed by atoms with Crippen molar-refractivity contribution >= 4 is 11.9 Å². The summed E-state index contributed by atoms with van der Waals surface area (Å²) in [6.45, 7) is 0.733. The minimum absolute atomic E-state index is 0.0315. The number of nitrogens with two attached hydrogens (primary N) is 1. The van der Waals surface area contributed by atoms with Crippen LogP contribution in [0.3, 0.4) is 0 Å². The lowest BCUT2D eigenvalue weighted by Crippen LogP contribution is -2.44. The second kappa shape index (κ2) is 11.1. The van der Waals surface area contributed by atoms with E-state index in [-0.39, 0.29) is 5.91 Å². The third-order valence-corrected chi connectivity index (χ3v) is 7.53. The molecule has 7 heteroatoms. The van der Waals surface area contributed by atoms with Crippen molar-refractivity contribution in [2.45, 2.75) is 63.1 Å². The van der Waals surface area contributed by atoms with Gasteiger partial charge in [0.05, 0.1) is 14.2 Å². The van der Waals surface area contributed by atoms with Gasteiger partial charge in [0.15, 0.2) is 5.96 Å². The smallest absolute Gasteiger partial charge is 0.257 e. The van der Waals surface area contributed by atoms with Gasteiger partial charge in [-0.3, -0.25) is 9.69 Å². The second-order valence-corrected chi connectivity index (χ2v) is 9.84. The molecule has 2 aliphatic rings. The third-order valence-electron chi connectivity index (χ3n) is 7.53. The third kappa shape index (κ3) is 5.78. The zero-order chi connectivity index (χ0) is 24.8. The number of ether oxygens (including phenoxy) is 2. The van der Waals surface area contributed by atoms with Crippen LogP contribution in [0.5, 0.6) is 11.5 Å². The molecule has 0 aromatic heterocycles. The summed E-state index contributed by atoms with van der Waals surface area (Å²) in [6.07, 6.45) is 6.64. The van der Waals surface area contributed by atoms with Crippen LogP contribution >= 0.6 is 0 Å². The summed E-state index contributed by atoms with van der Waals surface area (Å²) in [5.74, 6) is 2.40. The Kier molecular flexibility index (Phi) is 7.96. The maximum atomic E-state index is 13.3. The van der Waals surface area contributed by atoms with Crippen LogP contribution in [0.15, 0.2) is 53.5 Å². The molecule has 0 bridgehead atoms. The van der Waals surface area contributed by atoms with E-state index in [0.717, 1.165) is 62.1 Å². The first kappa shape index (κ1) is 25.0. The molecule has 1 saturated carbocycles. The van der Waals surface area contributed by atoms with E-state index in [1.165, 1.54) is 10.5 Å². The van der Waals surface area contributed by atoms with Gasteiger partial charge in [0.25, 0.3) is 5.91 Å². The van der Waals surface area contributed by atoms with E-state index in [0.29, 0.717) is 24.3 Å². The van der Waals surface area contributed by atoms with Gasteiger partial charge >= 0.3 is 0 Å². The number of aliphatic imine (C=N–C) groups is 1. The van der Waals surface area contributed by atoms with Gasteiger partial charge in [0.2, 0.25) is 0 Å². The fraction of sp³-hybridized carbons (Fsp3) is 0.500. The number of benzene rings is 2. The Morgan fingerprint density at radius 1 is 1.14 bits per heavy atom. The van der Waals surface area contributed by atoms with E-state index >= 15 is 0 Å². The summed E-state index contributed by atoms with van der Waals surface area (Å²) in [4.78, 5) is 19.6. The summed E-state index contributed by atoms with van der Waals surface area (Å²) in [5.41, 5.74) is 7.70. The van der Waals surface area contributed by atoms with Crippen LogP contribution in [-0.2, 0) is 17.8 Å². The molecule has 2 aromatic carbocycles. The molecule has 7 nitrogen and oxygen atoms in total. The Balaban J connectivity index is 1.41. The van der Waals surface area contributed by atoms with Gasteiger partial charge in [-0.1, -0.05) is 49.2 Å². The van der Waals surface area contributed by atoms with E-state index in [1.54, 1.807) is 21.3 Å². The molecule has 3 N–H and O–H groups in total. The first-order chi connectivity index (χ1) is 16.9. The van der Waals surface area contributed by atoms with E-state index in [2.05, 4.69) is 17.4 Å². The number of nitrogens with one attached hydrogen (secondary N) is 1. The van der Waals surface area contributed by atoms with Gasteiger partial charge in [-0.2, -0.15) is 0 Å². The van der Waals surface area contributed by atoms with Crippen molar-refractivity contribution in [2.75, 3.05) is 21.3 Å². The number of guanidine groups is 1. The van der Waals surface area contributed by atoms with Crippen LogP contribution in [0.2, 0.25) is 0 Å². The van der Waals surface area contributed by atoms with Crippen molar-refractivity contribution in [1.82, 2.24) is 10.2 Å². The highest BCUT2D eigenvalue weighted by Crippen LogP contribution is 2.38. The number of rotatable bonds is 10. The van der Waals surface area contributed by atoms with Crippen molar-refractivity contribution in [3.63, 3.8) is 0 Å². The Labute approximate surface area is 208 Å². The highest BCUT2D eigenvalue weighted by Gasteiger charge is 2.47. The Morgan fingerprint density at radius 2 is 1.94 bits per heavy atom. The molecule has 0 spiro atoms. The van der Waals surface area contributed by atoms with Crippen LogP contribution in [0.4, 0.5) is 0 Å². The number of likely N-dealkylation sites (N-methyl/N-ethyl adjacent to an activating group) is 1. The Morgan fingerprint density at radius 3 is 2.63 bits per heavy atom. The summed E-state index contributed by atoms with van der Waals surface area (Å²) < 4.78 is 10.9. The van der Waals surface area contributed by atoms with Crippen molar-refractivity contribution in [1.29, 1.82) is 0 Å². The fourth-order valence-corrected chi connectivity index (χ4v) is 5.54. The average molecular weight is 479 g/mol. The first-order valence-corrected chi connectivity index (χ1v) is 12.6. The number of carbonyl (C=O) groups excluding carboxylic acids is 1. The van der Waals surface area contributed by atoms with Crippen LogP contribution < -0.4 is 20.5 Å². The summed E-state index contributed by atoms with van der Waals surface area (Å²) >= 11 is 0. The molecule has 2 aromatic rings. The van der Waals surface area contributed by atoms with E-state index in [9.17, 15) is 4.79 Å². The van der Waals surface area contributed by atoms with E-state index in [4.69, 9.17) is 20.2 Å². The first-order valence-electron chi connectivity index (χ1n) is 12.6. The molecule has 1 amide bonds. The lowest BCUT2D eigenvalue weighted by molar-refractivity contribution is -0.131. The van der Waals surface area contributed by atoms with E-state index < -0.39 is 5.54 Å². The molecule has 3 atom stereocenters. The second-order valence-electron chi connectivity index (χ2n) is 9.84. The average Bonchev–Trinajstić information content (AvgIpc) is 3.10. The molecule has 1 aliphatic carbocycles. The zero-order valence-corrected chi connectivity index (χ0v) is 21.1. The topological polar surface area (TPSA) is 89.2 Å². The van der Waals surface area contributed by atoms with Crippen LogP contribution in [0.25, 0.3) is 0 Å². The van der Waals surface area contributed by atoms with Gasteiger partial charge in [0.1, 0.15) is 17.0 Å². The van der Waals surface area contributed by atoms with Crippen molar-refractivity contribution < 1.29 is 14.3 Å². The molecule has 0 radical (unpaired) electrons. The maximum Gasteiger partial charge on any atom is 0.257 e. The monoisotopic (exact) mass is 478 g/mol. The Bertz CT molecular complexity index is 1040. The number of aryl methyl sites for hydroxylation is 1. The molecule has 35 heavy (non-hydrogen) atoms. The number of hydrogen-bond donors (Lipinski definition) is 2. The highest BCUT2D eigenvalue weighted by atomic mass is 16.5. The molecule has 1 unspecified atom stereocenters. The van der Waals surface area contributed by atoms with Gasteiger partial charge in [-0.15, -0.1) is 0 Å². The number of hydrogen-bond acceptors (Lipinski definition) is 6. The van der Waals surface area contributed by atoms with Crippen molar-refractivity contribution in [3.8, 4) is 11.5 Å². The molecular formula is C28H38N4O3. The van der Waals surface area contributed by atoms with Crippen molar-refractivity contribution in [3.05, 3.63) is 59.7 Å². The largest absolute Gasteiger partial charge is 0.497 e. The predicted molar refractivity (Wildman–Crippen MR) is 139 cm³/mol. The van der Waals surface area contributed by atoms with E-state index in [1.807, 2.05) is 36.4 Å². The highest BCUT2D eigenvalue weighted by molar-refractivity contribution is 6.06. The molecule has 4 rings (SSSR count). The molecule has 1 heterocycles. The fourth-order valence-electron chi connectivity index (χ4n) is 5.54. The molecular weight excluding hydrogens is 440 g/mol. The maximum absolute atomic E-state index is 13.3. The Hall–Kier alpha value is -3.06. The van der Waals surface area contributed by atoms with Gasteiger partial charge in [0, 0.05) is 31.3 Å². The minimum Gasteiger partial charge on any atom is -0.497 e. The number of amides is 1. The van der Waals surface area contributed by atoms with Crippen LogP contribution in [0, 0.1) is 5.92 Å². The van der Waals surface area contributed by atoms with Crippen LogP contribution in [0.1, 0.15) is 49.7 Å². The lowest BCUT2D eigenvalue weighted by atomic mass is 9.75. The SMILES string of the molecule is COc1ccc(CN[C@@H]2CCC[C@H](CC3(CCc4ccccc4)N=C(N)N(C)C3=O)C2)c(OC)c1. The van der Waals surface area contributed by atoms with Gasteiger partial charge in [-0.05, 0) is 49.7 Å². The molecule has 188 valence electrons. The van der Waals surface area contributed by atoms with Gasteiger partial charge < -0.3 is 20.5 Å². The molecule has 1 aliphatic heterocycles. The summed E-state index contributed by atoms with van der Waals surface area (Å²) in [6, 6.07) is 16.6. The molecule has 1 fully saturated rings. The van der Waals surface area contributed by atoms with Crippen LogP contribution in [-0.4, -0.2) is 49.6 Å². The lowest BCUT2D eigenvalue weighted by Gasteiger charge is -2.35. The minimum atomic E-state index is -0.763. The predicted octanol–water partition coefficient (Wildman–Crippen LogP) is 3.90. The standard InChI is InChI=1S/C28H38N4O3/c1-32-26(33)28(31-27(32)29,15-14-20-8-5-4-6-9-20)18-21-10-7-11-23(16-21)30-19-22-12-13-24(34-2)17-25(22)35-3/h4-6,8-9,12-13,17,21,23,30H,7,10-11,14-16,18-19H2,1-3H3,(H2,29,31)/t21-,23+,28?/m0/s1. The summed E-state index contributed by atoms with van der Waals surface area (Å²) in [7, 11) is 5.08. The zero-order valence-electron chi connectivity index (χ0n) is 21.1. The molecule has 0 saturated heterocycles. The summed E-state index contributed by atoms with van der Waals surface area (Å²) in [5, 5.41) is 3.73. The quantitative estimate of drug-likeness (QED) is 0.541. The normalized spacial score (nSPS) is 24.4. The number of carbonyl (C=O) groups is 1.